The molecule has 0 fully saturated rings. The molecular formula is C27H29ClN2O5. The van der Waals surface area contributed by atoms with E-state index < -0.39 is 11.9 Å². The molecular weight excluding hydrogens is 468 g/mol. The minimum atomic E-state index is -0.701. The first-order chi connectivity index (χ1) is 16.8. The van der Waals surface area contributed by atoms with Gasteiger partial charge in [-0.15, -0.1) is 0 Å². The highest BCUT2D eigenvalue weighted by atomic mass is 35.5. The standard InChI is InChI=1S/C27H29ClN2O5/c1-5-35-27(32)25-23(16-12-13-21(33-3)22(14-16)34-4)24-19(10-7-11-20(24)31)30(26(25)29)18-9-6-8-17(28)15(18)2/h6,8-9,12-14,23H,5,7,10-11,29H2,1-4H3/t23-/m0/s1. The first-order valence-corrected chi connectivity index (χ1v) is 11.9. The molecule has 0 saturated carbocycles. The molecule has 0 saturated heterocycles. The van der Waals surface area contributed by atoms with Crippen LogP contribution in [0.15, 0.2) is 59.1 Å². The number of hydrogen-bond acceptors (Lipinski definition) is 7. The highest BCUT2D eigenvalue weighted by molar-refractivity contribution is 6.31. The van der Waals surface area contributed by atoms with Gasteiger partial charge in [-0.3, -0.25) is 9.69 Å². The lowest BCUT2D eigenvalue weighted by Gasteiger charge is -2.41. The minimum absolute atomic E-state index is 0.0231. The van der Waals surface area contributed by atoms with E-state index in [1.165, 1.54) is 0 Å². The Morgan fingerprint density at radius 3 is 2.57 bits per heavy atom. The van der Waals surface area contributed by atoms with Crippen molar-refractivity contribution in [3.63, 3.8) is 0 Å². The minimum Gasteiger partial charge on any atom is -0.493 e. The molecule has 1 atom stereocenters. The number of ketones is 1. The number of carbonyl (C=O) groups is 2. The summed E-state index contributed by atoms with van der Waals surface area (Å²) in [5, 5.41) is 0.569. The maximum absolute atomic E-state index is 13.5. The van der Waals surface area contributed by atoms with Gasteiger partial charge in [-0.05, 0) is 62.1 Å². The molecule has 0 spiro atoms. The smallest absolute Gasteiger partial charge is 0.338 e. The topological polar surface area (TPSA) is 91.1 Å². The fraction of sp³-hybridized carbons (Fsp3) is 0.333. The van der Waals surface area contributed by atoms with Gasteiger partial charge in [-0.1, -0.05) is 23.7 Å². The summed E-state index contributed by atoms with van der Waals surface area (Å²) in [6.07, 6.45) is 1.71. The van der Waals surface area contributed by atoms with Crippen LogP contribution in [0, 0.1) is 6.92 Å². The second-order valence-electron chi connectivity index (χ2n) is 8.42. The largest absolute Gasteiger partial charge is 0.493 e. The lowest BCUT2D eigenvalue weighted by Crippen LogP contribution is -2.41. The molecule has 0 aromatic heterocycles. The maximum Gasteiger partial charge on any atom is 0.338 e. The van der Waals surface area contributed by atoms with Gasteiger partial charge in [0.05, 0.1) is 38.0 Å². The number of hydrogen-bond donors (Lipinski definition) is 1. The molecule has 2 aromatic rings. The molecule has 8 heteroatoms. The number of esters is 1. The highest BCUT2D eigenvalue weighted by Gasteiger charge is 2.43. The Kier molecular flexibility index (Phi) is 7.08. The SMILES string of the molecule is CCOC(=O)C1=C(N)N(c2cccc(Cl)c2C)C2=C(C(=O)CCC2)[C@@H]1c1ccc(OC)c(OC)c1. The van der Waals surface area contributed by atoms with E-state index in [0.29, 0.717) is 46.9 Å². The van der Waals surface area contributed by atoms with E-state index in [-0.39, 0.29) is 23.8 Å². The molecule has 7 nitrogen and oxygen atoms in total. The number of nitrogens with zero attached hydrogens (tertiary/aromatic N) is 1. The first kappa shape index (κ1) is 24.7. The number of ether oxygens (including phenoxy) is 3. The molecule has 4 rings (SSSR count). The molecule has 1 aliphatic carbocycles. The van der Waals surface area contributed by atoms with Crippen molar-refractivity contribution in [2.75, 3.05) is 25.7 Å². The summed E-state index contributed by atoms with van der Waals surface area (Å²) in [7, 11) is 3.09. The number of halogens is 1. The van der Waals surface area contributed by atoms with Gasteiger partial charge in [0, 0.05) is 22.7 Å². The van der Waals surface area contributed by atoms with E-state index in [1.807, 2.05) is 25.1 Å². The summed E-state index contributed by atoms with van der Waals surface area (Å²) in [4.78, 5) is 28.6. The summed E-state index contributed by atoms with van der Waals surface area (Å²) >= 11 is 6.44. The van der Waals surface area contributed by atoms with Crippen LogP contribution in [0.2, 0.25) is 5.02 Å². The summed E-state index contributed by atoms with van der Waals surface area (Å²) in [6, 6.07) is 10.9. The number of Topliss-reactive ketones (excluding diaryl/α,β-unsaturated/α-hetero) is 1. The molecule has 35 heavy (non-hydrogen) atoms. The van der Waals surface area contributed by atoms with Crippen molar-refractivity contribution in [3.8, 4) is 11.5 Å². The molecule has 2 N–H and O–H groups in total. The predicted molar refractivity (Wildman–Crippen MR) is 135 cm³/mol. The Morgan fingerprint density at radius 1 is 1.14 bits per heavy atom. The zero-order valence-corrected chi connectivity index (χ0v) is 21.1. The van der Waals surface area contributed by atoms with Crippen LogP contribution in [0.3, 0.4) is 0 Å². The number of allylic oxidation sites excluding steroid dienone is 2. The first-order valence-electron chi connectivity index (χ1n) is 11.5. The highest BCUT2D eigenvalue weighted by Crippen LogP contribution is 2.48. The molecule has 0 bridgehead atoms. The van der Waals surface area contributed by atoms with Gasteiger partial charge in [-0.2, -0.15) is 0 Å². The van der Waals surface area contributed by atoms with E-state index in [1.54, 1.807) is 44.2 Å². The zero-order chi connectivity index (χ0) is 25.3. The van der Waals surface area contributed by atoms with Crippen molar-refractivity contribution in [1.82, 2.24) is 0 Å². The van der Waals surface area contributed by atoms with E-state index in [9.17, 15) is 9.59 Å². The molecule has 2 aromatic carbocycles. The van der Waals surface area contributed by atoms with Crippen molar-refractivity contribution in [2.24, 2.45) is 5.73 Å². The van der Waals surface area contributed by atoms with Gasteiger partial charge in [0.15, 0.2) is 17.3 Å². The quantitative estimate of drug-likeness (QED) is 0.562. The molecule has 0 amide bonds. The number of carbonyl (C=O) groups excluding carboxylic acids is 2. The monoisotopic (exact) mass is 496 g/mol. The molecule has 2 aliphatic rings. The van der Waals surface area contributed by atoms with Crippen molar-refractivity contribution in [2.45, 2.75) is 39.0 Å². The van der Waals surface area contributed by atoms with Gasteiger partial charge in [0.2, 0.25) is 0 Å². The number of rotatable bonds is 6. The van der Waals surface area contributed by atoms with Gasteiger partial charge in [0.1, 0.15) is 5.82 Å². The number of methoxy groups -OCH3 is 2. The fourth-order valence-electron chi connectivity index (χ4n) is 4.88. The van der Waals surface area contributed by atoms with Crippen LogP contribution >= 0.6 is 11.6 Å². The second-order valence-corrected chi connectivity index (χ2v) is 8.83. The molecule has 184 valence electrons. The van der Waals surface area contributed by atoms with E-state index >= 15 is 0 Å². The Morgan fingerprint density at radius 2 is 1.89 bits per heavy atom. The summed E-state index contributed by atoms with van der Waals surface area (Å²) in [6.45, 7) is 3.79. The van der Waals surface area contributed by atoms with Gasteiger partial charge < -0.3 is 19.9 Å². The van der Waals surface area contributed by atoms with E-state index in [4.69, 9.17) is 31.5 Å². The molecule has 0 radical (unpaired) electrons. The van der Waals surface area contributed by atoms with Gasteiger partial charge in [0.25, 0.3) is 0 Å². The average Bonchev–Trinajstić information content (AvgIpc) is 2.85. The van der Waals surface area contributed by atoms with Crippen LogP contribution in [0.5, 0.6) is 11.5 Å². The van der Waals surface area contributed by atoms with Crippen LogP contribution in [0.25, 0.3) is 0 Å². The number of benzene rings is 2. The lowest BCUT2D eigenvalue weighted by molar-refractivity contribution is -0.138. The third-order valence-corrected chi connectivity index (χ3v) is 6.92. The average molecular weight is 497 g/mol. The second kappa shape index (κ2) is 10.0. The van der Waals surface area contributed by atoms with Crippen molar-refractivity contribution in [3.05, 3.63) is 75.2 Å². The van der Waals surface area contributed by atoms with Crippen LogP contribution in [0.4, 0.5) is 5.69 Å². The van der Waals surface area contributed by atoms with Crippen LogP contribution in [-0.2, 0) is 14.3 Å². The van der Waals surface area contributed by atoms with Gasteiger partial charge in [-0.25, -0.2) is 4.79 Å². The Hall–Kier alpha value is -3.45. The number of nitrogens with two attached hydrogens (primary N) is 1. The fourth-order valence-corrected chi connectivity index (χ4v) is 5.04. The summed E-state index contributed by atoms with van der Waals surface area (Å²) < 4.78 is 16.3. The normalized spacial score (nSPS) is 17.9. The predicted octanol–water partition coefficient (Wildman–Crippen LogP) is 5.01. The summed E-state index contributed by atoms with van der Waals surface area (Å²) in [5.41, 5.74) is 10.5. The Bertz CT molecular complexity index is 1250. The van der Waals surface area contributed by atoms with E-state index in [0.717, 1.165) is 16.9 Å². The number of anilines is 1. The third kappa shape index (κ3) is 4.25. The third-order valence-electron chi connectivity index (χ3n) is 6.51. The zero-order valence-electron chi connectivity index (χ0n) is 20.3. The van der Waals surface area contributed by atoms with E-state index in [2.05, 4.69) is 0 Å². The van der Waals surface area contributed by atoms with Crippen LogP contribution < -0.4 is 20.1 Å². The Balaban J connectivity index is 2.03. The van der Waals surface area contributed by atoms with Crippen molar-refractivity contribution in [1.29, 1.82) is 0 Å². The maximum atomic E-state index is 13.5. The Labute approximate surface area is 210 Å². The summed E-state index contributed by atoms with van der Waals surface area (Å²) in [5.74, 6) is -0.0359. The van der Waals surface area contributed by atoms with Crippen molar-refractivity contribution < 1.29 is 23.8 Å². The van der Waals surface area contributed by atoms with Gasteiger partial charge >= 0.3 is 5.97 Å². The van der Waals surface area contributed by atoms with Crippen molar-refractivity contribution >= 4 is 29.0 Å². The lowest BCUT2D eigenvalue weighted by atomic mass is 9.75. The molecule has 1 heterocycles. The molecule has 1 aliphatic heterocycles. The van der Waals surface area contributed by atoms with Crippen LogP contribution in [0.1, 0.15) is 43.2 Å². The molecule has 0 unspecified atom stereocenters. The van der Waals surface area contributed by atoms with Crippen LogP contribution in [-0.4, -0.2) is 32.6 Å².